The van der Waals surface area contributed by atoms with Gasteiger partial charge in [0.1, 0.15) is 9.75 Å². The number of alkyl halides is 2. The van der Waals surface area contributed by atoms with Crippen molar-refractivity contribution < 1.29 is 19.1 Å². The van der Waals surface area contributed by atoms with Crippen molar-refractivity contribution in [2.75, 3.05) is 5.32 Å². The molecule has 0 heterocycles. The number of benzene rings is 1. The summed E-state index contributed by atoms with van der Waals surface area (Å²) < 4.78 is 3.97. The Hall–Kier alpha value is -1.79. The summed E-state index contributed by atoms with van der Waals surface area (Å²) in [6, 6.07) is 6.01. The third-order valence-electron chi connectivity index (χ3n) is 3.80. The van der Waals surface area contributed by atoms with Crippen LogP contribution in [0.4, 0.5) is 5.69 Å². The third-order valence-corrected chi connectivity index (χ3v) is 4.90. The molecular formula is C15H16Cl2N2O4. The highest BCUT2D eigenvalue weighted by atomic mass is 35.5. The fourth-order valence-electron chi connectivity index (χ4n) is 1.93. The fraction of sp³-hybridized carbons (Fsp3) is 0.400. The second-order valence-corrected chi connectivity index (χ2v) is 7.18. The van der Waals surface area contributed by atoms with Crippen molar-refractivity contribution in [1.29, 1.82) is 0 Å². The molecule has 1 fully saturated rings. The summed E-state index contributed by atoms with van der Waals surface area (Å²) in [4.78, 5) is 35.0. The molecule has 3 N–H and O–H groups in total. The minimum atomic E-state index is -1.15. The van der Waals surface area contributed by atoms with Crippen molar-refractivity contribution >= 4 is 46.7 Å². The molecule has 0 spiro atoms. The highest BCUT2D eigenvalue weighted by Crippen LogP contribution is 2.64. The molecule has 0 radical (unpaired) electrons. The first-order valence-electron chi connectivity index (χ1n) is 6.86. The van der Waals surface area contributed by atoms with Gasteiger partial charge in [0.05, 0.1) is 0 Å². The molecule has 0 aromatic heterocycles. The monoisotopic (exact) mass is 358 g/mol. The Morgan fingerprint density at radius 2 is 1.78 bits per heavy atom. The minimum absolute atomic E-state index is 0.283. The molecule has 0 bridgehead atoms. The number of halogens is 2. The molecule has 0 aliphatic heterocycles. The van der Waals surface area contributed by atoms with Crippen LogP contribution >= 0.6 is 23.2 Å². The number of hydrogen-bond donors (Lipinski definition) is 2. The quantitative estimate of drug-likeness (QED) is 0.622. The van der Waals surface area contributed by atoms with Gasteiger partial charge in [-0.15, -0.1) is 23.2 Å². The second kappa shape index (κ2) is 6.02. The van der Waals surface area contributed by atoms with E-state index in [0.717, 1.165) is 0 Å². The third kappa shape index (κ3) is 3.59. The van der Waals surface area contributed by atoms with Gasteiger partial charge in [0.25, 0.3) is 5.91 Å². The number of nitrogens with one attached hydrogen (secondary N) is 1. The summed E-state index contributed by atoms with van der Waals surface area (Å²) in [6.45, 7) is 3.03. The van der Waals surface area contributed by atoms with Crippen LogP contribution < -0.4 is 11.1 Å². The molecule has 1 aromatic carbocycles. The van der Waals surface area contributed by atoms with E-state index in [1.165, 1.54) is 31.2 Å². The highest BCUT2D eigenvalue weighted by Gasteiger charge is 2.69. The van der Waals surface area contributed by atoms with Gasteiger partial charge in [-0.25, -0.2) is 0 Å². The molecule has 124 valence electrons. The summed E-state index contributed by atoms with van der Waals surface area (Å²) in [5.41, 5.74) is 4.91. The number of ether oxygens (including phenoxy) is 1. The average molecular weight is 359 g/mol. The van der Waals surface area contributed by atoms with Crippen LogP contribution in [0.1, 0.15) is 30.6 Å². The maximum absolute atomic E-state index is 12.0. The molecule has 0 unspecified atom stereocenters. The molecule has 2 amide bonds. The van der Waals surface area contributed by atoms with Crippen molar-refractivity contribution in [1.82, 2.24) is 0 Å². The van der Waals surface area contributed by atoms with E-state index >= 15 is 0 Å². The van der Waals surface area contributed by atoms with Gasteiger partial charge < -0.3 is 15.8 Å². The standard InChI is InChI=1S/C15H16Cl2N2O4/c1-8(23-13(22)14(2)7-15(14,16)17)12(21)19-10-5-3-9(4-6-10)11(18)20/h3-6,8H,7H2,1-2H3,(H2,18,20)(H,19,21)/t8-,14-/m1/s1. The molecule has 23 heavy (non-hydrogen) atoms. The molecule has 2 atom stereocenters. The summed E-state index contributed by atoms with van der Waals surface area (Å²) in [6.07, 6.45) is -0.731. The number of esters is 1. The lowest BCUT2D eigenvalue weighted by atomic mass is 10.1. The Labute approximate surface area is 143 Å². The number of hydrogen-bond acceptors (Lipinski definition) is 4. The van der Waals surface area contributed by atoms with Gasteiger partial charge in [0.2, 0.25) is 5.91 Å². The van der Waals surface area contributed by atoms with E-state index in [4.69, 9.17) is 33.7 Å². The Bertz CT molecular complexity index is 660. The van der Waals surface area contributed by atoms with E-state index in [9.17, 15) is 14.4 Å². The lowest BCUT2D eigenvalue weighted by Gasteiger charge is -2.17. The van der Waals surface area contributed by atoms with Gasteiger partial charge in [-0.05, 0) is 38.1 Å². The zero-order chi connectivity index (χ0) is 17.4. The number of nitrogens with two attached hydrogens (primary N) is 1. The van der Waals surface area contributed by atoms with E-state index in [2.05, 4.69) is 5.32 Å². The summed E-state index contributed by atoms with van der Waals surface area (Å²) in [5, 5.41) is 2.57. The predicted molar refractivity (Wildman–Crippen MR) is 86.3 cm³/mol. The van der Waals surface area contributed by atoms with Crippen molar-refractivity contribution in [3.8, 4) is 0 Å². The SMILES string of the molecule is C[C@@H](OC(=O)[C@@]1(C)CC1(Cl)Cl)C(=O)Nc1ccc(C(N)=O)cc1. The van der Waals surface area contributed by atoms with Crippen LogP contribution in [-0.2, 0) is 14.3 Å². The van der Waals surface area contributed by atoms with Crippen LogP contribution in [0, 0.1) is 5.41 Å². The van der Waals surface area contributed by atoms with E-state index in [1.807, 2.05) is 0 Å². The van der Waals surface area contributed by atoms with Crippen LogP contribution in [0.15, 0.2) is 24.3 Å². The van der Waals surface area contributed by atoms with E-state index in [0.29, 0.717) is 11.3 Å². The van der Waals surface area contributed by atoms with Crippen LogP contribution in [0.2, 0.25) is 0 Å². The number of rotatable bonds is 5. The molecule has 8 heteroatoms. The molecule has 2 rings (SSSR count). The number of primary amides is 1. The maximum Gasteiger partial charge on any atom is 0.315 e. The molecule has 1 aliphatic carbocycles. The van der Waals surface area contributed by atoms with Crippen LogP contribution in [-0.4, -0.2) is 28.2 Å². The molecule has 6 nitrogen and oxygen atoms in total. The Balaban J connectivity index is 1.93. The van der Waals surface area contributed by atoms with E-state index < -0.39 is 33.6 Å². The molecule has 0 saturated heterocycles. The zero-order valence-corrected chi connectivity index (χ0v) is 14.1. The molecular weight excluding hydrogens is 343 g/mol. The van der Waals surface area contributed by atoms with Gasteiger partial charge >= 0.3 is 5.97 Å². The summed E-state index contributed by atoms with van der Waals surface area (Å²) >= 11 is 11.8. The van der Waals surface area contributed by atoms with Crippen molar-refractivity contribution in [3.05, 3.63) is 29.8 Å². The lowest BCUT2D eigenvalue weighted by molar-refractivity contribution is -0.158. The van der Waals surface area contributed by atoms with Gasteiger partial charge in [0.15, 0.2) is 6.10 Å². The van der Waals surface area contributed by atoms with Crippen LogP contribution in [0.3, 0.4) is 0 Å². The number of anilines is 1. The normalized spacial score (nSPS) is 22.8. The van der Waals surface area contributed by atoms with Gasteiger partial charge in [-0.1, -0.05) is 0 Å². The number of carbonyl (C=O) groups is 3. The first-order chi connectivity index (χ1) is 10.6. The zero-order valence-electron chi connectivity index (χ0n) is 12.6. The predicted octanol–water partition coefficient (Wildman–Crippen LogP) is 2.24. The molecule has 1 aliphatic rings. The Morgan fingerprint density at radius 3 is 2.22 bits per heavy atom. The maximum atomic E-state index is 12.0. The average Bonchev–Trinajstić information content (AvgIpc) is 2.99. The fourth-order valence-corrected chi connectivity index (χ4v) is 2.62. The first kappa shape index (κ1) is 17.6. The Morgan fingerprint density at radius 1 is 1.26 bits per heavy atom. The van der Waals surface area contributed by atoms with Crippen LogP contribution in [0.5, 0.6) is 0 Å². The minimum Gasteiger partial charge on any atom is -0.452 e. The van der Waals surface area contributed by atoms with E-state index in [-0.39, 0.29) is 6.42 Å². The largest absolute Gasteiger partial charge is 0.452 e. The molecule has 1 saturated carbocycles. The van der Waals surface area contributed by atoms with Crippen molar-refractivity contribution in [3.63, 3.8) is 0 Å². The van der Waals surface area contributed by atoms with Gasteiger partial charge in [-0.2, -0.15) is 0 Å². The smallest absolute Gasteiger partial charge is 0.315 e. The number of carbonyl (C=O) groups excluding carboxylic acids is 3. The van der Waals surface area contributed by atoms with Crippen molar-refractivity contribution in [2.45, 2.75) is 30.7 Å². The van der Waals surface area contributed by atoms with E-state index in [1.54, 1.807) is 6.92 Å². The topological polar surface area (TPSA) is 98.5 Å². The van der Waals surface area contributed by atoms with Gasteiger partial charge in [-0.3, -0.25) is 14.4 Å². The van der Waals surface area contributed by atoms with Gasteiger partial charge in [0, 0.05) is 17.7 Å². The van der Waals surface area contributed by atoms with Crippen molar-refractivity contribution in [2.24, 2.45) is 11.1 Å². The number of amides is 2. The molecule has 1 aromatic rings. The summed E-state index contributed by atoms with van der Waals surface area (Å²) in [7, 11) is 0. The Kier molecular flexibility index (Phi) is 4.59. The first-order valence-corrected chi connectivity index (χ1v) is 7.62. The highest BCUT2D eigenvalue weighted by molar-refractivity contribution is 6.53. The van der Waals surface area contributed by atoms with Crippen LogP contribution in [0.25, 0.3) is 0 Å². The summed E-state index contributed by atoms with van der Waals surface area (Å²) in [5.74, 6) is -1.69. The second-order valence-electron chi connectivity index (χ2n) is 5.69. The lowest BCUT2D eigenvalue weighted by Crippen LogP contribution is -2.33.